The van der Waals surface area contributed by atoms with Crippen LogP contribution in [-0.4, -0.2) is 57.9 Å². The molecule has 9 nitrogen and oxygen atoms in total. The molecule has 152 valence electrons. The first-order valence-electron chi connectivity index (χ1n) is 8.90. The van der Waals surface area contributed by atoms with Crippen LogP contribution in [0.25, 0.3) is 0 Å². The Hall–Kier alpha value is -2.75. The number of nitrogens with zero attached hydrogens (tertiary/aromatic N) is 3. The first-order chi connectivity index (χ1) is 13.4. The van der Waals surface area contributed by atoms with Crippen LogP contribution in [0.3, 0.4) is 0 Å². The van der Waals surface area contributed by atoms with Crippen molar-refractivity contribution in [3.63, 3.8) is 0 Å². The van der Waals surface area contributed by atoms with Gasteiger partial charge in [0, 0.05) is 25.3 Å². The van der Waals surface area contributed by atoms with Gasteiger partial charge in [0.1, 0.15) is 5.75 Å². The Morgan fingerprint density at radius 1 is 1.39 bits per heavy atom. The molecule has 2 amide bonds. The monoisotopic (exact) mass is 407 g/mol. The summed E-state index contributed by atoms with van der Waals surface area (Å²) < 4.78 is 6.64. The lowest BCUT2D eigenvalue weighted by Gasteiger charge is -2.16. The van der Waals surface area contributed by atoms with E-state index in [2.05, 4.69) is 15.5 Å². The Bertz CT molecular complexity index is 864. The molecule has 2 aromatic rings. The molecule has 0 radical (unpaired) electrons. The van der Waals surface area contributed by atoms with Gasteiger partial charge in [-0.15, -0.1) is 5.10 Å². The van der Waals surface area contributed by atoms with Crippen molar-refractivity contribution >= 4 is 29.3 Å². The first-order valence-corrected chi connectivity index (χ1v) is 9.89. The highest BCUT2D eigenvalue weighted by Gasteiger charge is 2.16. The number of aromatic amines is 1. The fourth-order valence-electron chi connectivity index (χ4n) is 2.37. The number of benzene rings is 1. The van der Waals surface area contributed by atoms with Gasteiger partial charge in [-0.2, -0.15) is 0 Å². The van der Waals surface area contributed by atoms with Crippen molar-refractivity contribution in [3.05, 3.63) is 34.7 Å². The number of hydrogen-bond acceptors (Lipinski definition) is 6. The number of ether oxygens (including phenoxy) is 1. The number of nitrogens with one attached hydrogen (secondary N) is 2. The zero-order valence-corrected chi connectivity index (χ0v) is 17.0. The Labute approximate surface area is 167 Å². The SMILES string of the molecule is CCCCn1c(SCC(=O)N(C)CC(=O)Nc2cccc(OC)c2)n[nH]c1=O. The fraction of sp³-hybridized carbons (Fsp3) is 0.444. The number of aromatic nitrogens is 3. The Balaban J connectivity index is 1.85. The van der Waals surface area contributed by atoms with Crippen molar-refractivity contribution in [2.75, 3.05) is 31.8 Å². The van der Waals surface area contributed by atoms with E-state index in [0.29, 0.717) is 23.1 Å². The summed E-state index contributed by atoms with van der Waals surface area (Å²) in [6.45, 7) is 2.51. The molecule has 0 unspecified atom stereocenters. The molecule has 0 spiro atoms. The van der Waals surface area contributed by atoms with Gasteiger partial charge < -0.3 is 15.0 Å². The van der Waals surface area contributed by atoms with Gasteiger partial charge in [-0.25, -0.2) is 9.89 Å². The summed E-state index contributed by atoms with van der Waals surface area (Å²) in [4.78, 5) is 37.6. The van der Waals surface area contributed by atoms with Crippen molar-refractivity contribution in [2.45, 2.75) is 31.5 Å². The Morgan fingerprint density at radius 2 is 2.18 bits per heavy atom. The quantitative estimate of drug-likeness (QED) is 0.579. The number of hydrogen-bond donors (Lipinski definition) is 2. The summed E-state index contributed by atoms with van der Waals surface area (Å²) in [6.07, 6.45) is 1.80. The second-order valence-electron chi connectivity index (χ2n) is 6.14. The predicted molar refractivity (Wildman–Crippen MR) is 108 cm³/mol. The minimum atomic E-state index is -0.311. The molecule has 0 atom stereocenters. The van der Waals surface area contributed by atoms with Gasteiger partial charge in [-0.1, -0.05) is 31.2 Å². The number of thioether (sulfide) groups is 1. The van der Waals surface area contributed by atoms with Crippen LogP contribution < -0.4 is 15.7 Å². The lowest BCUT2D eigenvalue weighted by molar-refractivity contribution is -0.131. The number of carbonyl (C=O) groups is 2. The number of H-pyrrole nitrogens is 1. The summed E-state index contributed by atoms with van der Waals surface area (Å²) in [5, 5.41) is 9.57. The van der Waals surface area contributed by atoms with E-state index in [-0.39, 0.29) is 29.8 Å². The zero-order valence-electron chi connectivity index (χ0n) is 16.2. The largest absolute Gasteiger partial charge is 0.497 e. The average molecular weight is 407 g/mol. The maximum atomic E-state index is 12.3. The van der Waals surface area contributed by atoms with Gasteiger partial charge in [0.25, 0.3) is 0 Å². The minimum absolute atomic E-state index is 0.0827. The van der Waals surface area contributed by atoms with Crippen molar-refractivity contribution in [1.82, 2.24) is 19.7 Å². The molecule has 0 fully saturated rings. The maximum Gasteiger partial charge on any atom is 0.343 e. The van der Waals surface area contributed by atoms with Crippen LogP contribution in [0.4, 0.5) is 5.69 Å². The van der Waals surface area contributed by atoms with E-state index in [4.69, 9.17) is 4.74 Å². The molecule has 0 saturated carbocycles. The third-order valence-corrected chi connectivity index (χ3v) is 4.90. The number of likely N-dealkylation sites (N-methyl/N-ethyl adjacent to an activating group) is 1. The van der Waals surface area contributed by atoms with E-state index in [9.17, 15) is 14.4 Å². The highest BCUT2D eigenvalue weighted by Crippen LogP contribution is 2.17. The highest BCUT2D eigenvalue weighted by molar-refractivity contribution is 7.99. The molecule has 0 aliphatic rings. The van der Waals surface area contributed by atoms with Crippen molar-refractivity contribution in [2.24, 2.45) is 0 Å². The lowest BCUT2D eigenvalue weighted by atomic mass is 10.3. The number of rotatable bonds is 10. The van der Waals surface area contributed by atoms with E-state index >= 15 is 0 Å². The summed E-state index contributed by atoms with van der Waals surface area (Å²) in [7, 11) is 3.11. The smallest absolute Gasteiger partial charge is 0.343 e. The van der Waals surface area contributed by atoms with Crippen molar-refractivity contribution in [1.29, 1.82) is 0 Å². The van der Waals surface area contributed by atoms with Gasteiger partial charge in [0.05, 0.1) is 19.4 Å². The third-order valence-electron chi connectivity index (χ3n) is 3.94. The van der Waals surface area contributed by atoms with Gasteiger partial charge in [-0.3, -0.25) is 14.2 Å². The van der Waals surface area contributed by atoms with E-state index in [0.717, 1.165) is 12.8 Å². The van der Waals surface area contributed by atoms with Gasteiger partial charge >= 0.3 is 5.69 Å². The van der Waals surface area contributed by atoms with E-state index < -0.39 is 0 Å². The molecule has 1 heterocycles. The Kier molecular flexibility index (Phi) is 8.12. The minimum Gasteiger partial charge on any atom is -0.497 e. The molecular weight excluding hydrogens is 382 g/mol. The topological polar surface area (TPSA) is 109 Å². The van der Waals surface area contributed by atoms with E-state index in [1.807, 2.05) is 6.92 Å². The van der Waals surface area contributed by atoms with Gasteiger partial charge in [-0.05, 0) is 18.6 Å². The summed E-state index contributed by atoms with van der Waals surface area (Å²) >= 11 is 1.17. The molecule has 0 bridgehead atoms. The fourth-order valence-corrected chi connectivity index (χ4v) is 3.28. The van der Waals surface area contributed by atoms with Crippen LogP contribution in [0, 0.1) is 0 Å². The summed E-state index contributed by atoms with van der Waals surface area (Å²) in [5.74, 6) is 0.170. The highest BCUT2D eigenvalue weighted by atomic mass is 32.2. The van der Waals surface area contributed by atoms with Gasteiger partial charge in [0.2, 0.25) is 11.8 Å². The number of carbonyl (C=O) groups excluding carboxylic acids is 2. The van der Waals surface area contributed by atoms with Gasteiger partial charge in [0.15, 0.2) is 5.16 Å². The standard InChI is InChI=1S/C18H25N5O4S/c1-4-5-9-23-17(26)20-21-18(23)28-12-16(25)22(2)11-15(24)19-13-7-6-8-14(10-13)27-3/h6-8,10H,4-5,9,11-12H2,1-3H3,(H,19,24)(H,20,26). The second-order valence-corrected chi connectivity index (χ2v) is 7.08. The van der Waals surface area contributed by atoms with Crippen LogP contribution in [0.1, 0.15) is 19.8 Å². The van der Waals surface area contributed by atoms with Crippen LogP contribution in [-0.2, 0) is 16.1 Å². The van der Waals surface area contributed by atoms with Crippen LogP contribution in [0.2, 0.25) is 0 Å². The predicted octanol–water partition coefficient (Wildman–Crippen LogP) is 1.57. The van der Waals surface area contributed by atoms with Crippen molar-refractivity contribution < 1.29 is 14.3 Å². The summed E-state index contributed by atoms with van der Waals surface area (Å²) in [6, 6.07) is 6.98. The molecule has 0 aliphatic carbocycles. The molecule has 1 aromatic carbocycles. The maximum absolute atomic E-state index is 12.3. The first kappa shape index (κ1) is 21.5. The van der Waals surface area contributed by atoms with Crippen molar-refractivity contribution in [3.8, 4) is 5.75 Å². The molecule has 2 N–H and O–H groups in total. The Morgan fingerprint density at radius 3 is 2.89 bits per heavy atom. The molecule has 28 heavy (non-hydrogen) atoms. The molecule has 10 heteroatoms. The van der Waals surface area contributed by atoms with Crippen LogP contribution in [0.15, 0.2) is 34.2 Å². The molecule has 0 aliphatic heterocycles. The van der Waals surface area contributed by atoms with E-state index in [1.54, 1.807) is 38.4 Å². The van der Waals surface area contributed by atoms with Crippen LogP contribution in [0.5, 0.6) is 5.75 Å². The molecule has 2 rings (SSSR count). The third kappa shape index (κ3) is 6.15. The van der Waals surface area contributed by atoms with Crippen LogP contribution >= 0.6 is 11.8 Å². The second kappa shape index (κ2) is 10.5. The number of methoxy groups -OCH3 is 1. The zero-order chi connectivity index (χ0) is 20.5. The molecule has 0 saturated heterocycles. The number of anilines is 1. The number of amides is 2. The van der Waals surface area contributed by atoms with E-state index in [1.165, 1.54) is 21.2 Å². The lowest BCUT2D eigenvalue weighted by Crippen LogP contribution is -2.36. The molecular formula is C18H25N5O4S. The molecule has 1 aromatic heterocycles. The normalized spacial score (nSPS) is 10.5. The number of unbranched alkanes of at least 4 members (excludes halogenated alkanes) is 1. The average Bonchev–Trinajstić information content (AvgIpc) is 3.03. The summed E-state index contributed by atoms with van der Waals surface area (Å²) in [5.41, 5.74) is 0.311.